The molecule has 0 spiro atoms. The minimum absolute atomic E-state index is 0.146. The lowest BCUT2D eigenvalue weighted by Gasteiger charge is -2.12. The average molecular weight is 211 g/mol. The van der Waals surface area contributed by atoms with Gasteiger partial charge in [-0.2, -0.15) is 0 Å². The summed E-state index contributed by atoms with van der Waals surface area (Å²) in [4.78, 5) is 23.2. The SMILES string of the molecule is Cc1c(C)c(=O)n(CC(C)CN)[nH]c1=O. The van der Waals surface area contributed by atoms with Crippen molar-refractivity contribution in [3.05, 3.63) is 31.8 Å². The molecule has 1 aromatic rings. The Kier molecular flexibility index (Phi) is 3.47. The maximum Gasteiger partial charge on any atom is 0.268 e. The first kappa shape index (κ1) is 11.7. The Labute approximate surface area is 87.9 Å². The minimum atomic E-state index is -0.212. The molecule has 0 saturated heterocycles. The van der Waals surface area contributed by atoms with E-state index >= 15 is 0 Å². The van der Waals surface area contributed by atoms with E-state index in [1.54, 1.807) is 13.8 Å². The molecule has 1 rings (SSSR count). The van der Waals surface area contributed by atoms with Crippen molar-refractivity contribution in [2.24, 2.45) is 11.7 Å². The van der Waals surface area contributed by atoms with Gasteiger partial charge in [0, 0.05) is 17.7 Å². The van der Waals surface area contributed by atoms with Gasteiger partial charge in [-0.3, -0.25) is 14.7 Å². The van der Waals surface area contributed by atoms with E-state index in [9.17, 15) is 9.59 Å². The molecule has 1 aromatic heterocycles. The molecule has 5 heteroatoms. The van der Waals surface area contributed by atoms with Crippen LogP contribution in [0.5, 0.6) is 0 Å². The molecular weight excluding hydrogens is 194 g/mol. The summed E-state index contributed by atoms with van der Waals surface area (Å²) in [5.74, 6) is 0.167. The van der Waals surface area contributed by atoms with Gasteiger partial charge in [0.1, 0.15) is 0 Å². The molecule has 0 radical (unpaired) electrons. The fourth-order valence-corrected chi connectivity index (χ4v) is 1.31. The molecule has 3 N–H and O–H groups in total. The van der Waals surface area contributed by atoms with Crippen LogP contribution in [0.3, 0.4) is 0 Å². The Morgan fingerprint density at radius 2 is 1.93 bits per heavy atom. The Morgan fingerprint density at radius 1 is 1.33 bits per heavy atom. The number of aromatic amines is 1. The molecule has 1 unspecified atom stereocenters. The van der Waals surface area contributed by atoms with Crippen molar-refractivity contribution in [3.8, 4) is 0 Å². The summed E-state index contributed by atoms with van der Waals surface area (Å²) in [6.07, 6.45) is 0. The van der Waals surface area contributed by atoms with Gasteiger partial charge in [0.15, 0.2) is 0 Å². The molecule has 84 valence electrons. The number of nitrogens with one attached hydrogen (secondary N) is 1. The van der Waals surface area contributed by atoms with Gasteiger partial charge in [-0.25, -0.2) is 4.68 Å². The van der Waals surface area contributed by atoms with Gasteiger partial charge in [0.05, 0.1) is 0 Å². The highest BCUT2D eigenvalue weighted by Gasteiger charge is 2.08. The zero-order valence-electron chi connectivity index (χ0n) is 9.33. The Morgan fingerprint density at radius 3 is 2.47 bits per heavy atom. The van der Waals surface area contributed by atoms with Crippen molar-refractivity contribution in [3.63, 3.8) is 0 Å². The number of nitrogens with zero attached hydrogens (tertiary/aromatic N) is 1. The summed E-state index contributed by atoms with van der Waals surface area (Å²) in [5.41, 5.74) is 6.10. The van der Waals surface area contributed by atoms with E-state index in [1.807, 2.05) is 6.92 Å². The lowest BCUT2D eigenvalue weighted by Crippen LogP contribution is -2.35. The summed E-state index contributed by atoms with van der Waals surface area (Å²) in [7, 11) is 0. The second-order valence-electron chi connectivity index (χ2n) is 3.95. The highest BCUT2D eigenvalue weighted by atomic mass is 16.2. The molecule has 15 heavy (non-hydrogen) atoms. The number of aromatic nitrogens is 2. The molecule has 1 atom stereocenters. The summed E-state index contributed by atoms with van der Waals surface area (Å²) in [6.45, 7) is 6.18. The molecule has 0 aliphatic rings. The van der Waals surface area contributed by atoms with Gasteiger partial charge in [-0.15, -0.1) is 0 Å². The van der Waals surface area contributed by atoms with Gasteiger partial charge in [0.2, 0.25) is 0 Å². The smallest absolute Gasteiger partial charge is 0.268 e. The van der Waals surface area contributed by atoms with Gasteiger partial charge in [-0.05, 0) is 26.3 Å². The summed E-state index contributed by atoms with van der Waals surface area (Å²) >= 11 is 0. The predicted octanol–water partition coefficient (Wildman–Crippen LogP) is -0.252. The normalized spacial score (nSPS) is 12.8. The van der Waals surface area contributed by atoms with Gasteiger partial charge in [0.25, 0.3) is 11.1 Å². The van der Waals surface area contributed by atoms with Crippen molar-refractivity contribution in [2.75, 3.05) is 6.54 Å². The largest absolute Gasteiger partial charge is 0.330 e. The Bertz CT molecular complexity index is 459. The first-order valence-electron chi connectivity index (χ1n) is 4.97. The molecule has 0 aliphatic carbocycles. The van der Waals surface area contributed by atoms with Crippen LogP contribution in [0.2, 0.25) is 0 Å². The van der Waals surface area contributed by atoms with E-state index < -0.39 is 0 Å². The van der Waals surface area contributed by atoms with E-state index in [4.69, 9.17) is 5.73 Å². The van der Waals surface area contributed by atoms with Gasteiger partial charge in [-0.1, -0.05) is 6.92 Å². The lowest BCUT2D eigenvalue weighted by molar-refractivity contribution is 0.436. The third-order valence-electron chi connectivity index (χ3n) is 2.60. The second kappa shape index (κ2) is 4.44. The second-order valence-corrected chi connectivity index (χ2v) is 3.95. The maximum atomic E-state index is 11.7. The van der Waals surface area contributed by atoms with Crippen molar-refractivity contribution in [1.29, 1.82) is 0 Å². The third-order valence-corrected chi connectivity index (χ3v) is 2.60. The van der Waals surface area contributed by atoms with E-state index in [-0.39, 0.29) is 17.0 Å². The first-order chi connectivity index (χ1) is 6.97. The highest BCUT2D eigenvalue weighted by Crippen LogP contribution is 1.95. The van der Waals surface area contributed by atoms with Crippen LogP contribution in [-0.2, 0) is 6.54 Å². The van der Waals surface area contributed by atoms with E-state index in [0.717, 1.165) is 0 Å². The molecule has 0 saturated carbocycles. The van der Waals surface area contributed by atoms with Crippen molar-refractivity contribution < 1.29 is 0 Å². The number of hydrogen-bond acceptors (Lipinski definition) is 3. The molecule has 1 heterocycles. The Balaban J connectivity index is 3.21. The summed E-state index contributed by atoms with van der Waals surface area (Å²) in [5, 5.41) is 2.54. The third kappa shape index (κ3) is 2.36. The van der Waals surface area contributed by atoms with Crippen LogP contribution < -0.4 is 16.9 Å². The van der Waals surface area contributed by atoms with Crippen LogP contribution in [0.25, 0.3) is 0 Å². The lowest BCUT2D eigenvalue weighted by atomic mass is 10.2. The standard InChI is InChI=1S/C10H17N3O2/c1-6(4-11)5-13-10(15)8(3)7(2)9(14)12-13/h6H,4-5,11H2,1-3H3,(H,12,14). The van der Waals surface area contributed by atoms with Crippen LogP contribution in [0, 0.1) is 19.8 Å². The number of nitrogens with two attached hydrogens (primary N) is 1. The quantitative estimate of drug-likeness (QED) is 0.723. The van der Waals surface area contributed by atoms with Crippen molar-refractivity contribution in [2.45, 2.75) is 27.3 Å². The fraction of sp³-hybridized carbons (Fsp3) is 0.600. The highest BCUT2D eigenvalue weighted by molar-refractivity contribution is 5.17. The number of rotatable bonds is 3. The van der Waals surface area contributed by atoms with Gasteiger partial charge >= 0.3 is 0 Å². The molecule has 0 amide bonds. The van der Waals surface area contributed by atoms with Crippen molar-refractivity contribution in [1.82, 2.24) is 9.78 Å². The summed E-state index contributed by atoms with van der Waals surface area (Å²) < 4.78 is 1.34. The number of H-pyrrole nitrogens is 1. The van der Waals surface area contributed by atoms with Crippen LogP contribution in [0.4, 0.5) is 0 Å². The van der Waals surface area contributed by atoms with Gasteiger partial charge < -0.3 is 5.73 Å². The average Bonchev–Trinajstić information content (AvgIpc) is 2.22. The van der Waals surface area contributed by atoms with Crippen LogP contribution in [-0.4, -0.2) is 16.3 Å². The molecule has 5 nitrogen and oxygen atoms in total. The van der Waals surface area contributed by atoms with Crippen LogP contribution in [0.1, 0.15) is 18.1 Å². The molecular formula is C10H17N3O2. The zero-order valence-corrected chi connectivity index (χ0v) is 9.33. The number of hydrogen-bond donors (Lipinski definition) is 2. The molecule has 0 aromatic carbocycles. The monoisotopic (exact) mass is 211 g/mol. The predicted molar refractivity (Wildman–Crippen MR) is 59.0 cm³/mol. The molecule has 0 fully saturated rings. The van der Waals surface area contributed by atoms with E-state index in [1.165, 1.54) is 4.68 Å². The van der Waals surface area contributed by atoms with Crippen LogP contribution in [0.15, 0.2) is 9.59 Å². The first-order valence-corrected chi connectivity index (χ1v) is 4.97. The maximum absolute atomic E-state index is 11.7. The molecule has 0 aliphatic heterocycles. The zero-order chi connectivity index (χ0) is 11.6. The fourth-order valence-electron chi connectivity index (χ4n) is 1.31. The summed E-state index contributed by atoms with van der Waals surface area (Å²) in [6, 6.07) is 0. The van der Waals surface area contributed by atoms with Crippen LogP contribution >= 0.6 is 0 Å². The molecule has 0 bridgehead atoms. The topological polar surface area (TPSA) is 80.9 Å². The Hall–Kier alpha value is -1.36. The van der Waals surface area contributed by atoms with Crippen molar-refractivity contribution >= 4 is 0 Å². The van der Waals surface area contributed by atoms with E-state index in [2.05, 4.69) is 5.10 Å². The van der Waals surface area contributed by atoms with E-state index in [0.29, 0.717) is 24.2 Å². The minimum Gasteiger partial charge on any atom is -0.330 e.